The van der Waals surface area contributed by atoms with Gasteiger partial charge in [-0.25, -0.2) is 4.79 Å². The molecule has 0 radical (unpaired) electrons. The third-order valence-corrected chi connectivity index (χ3v) is 3.23. The molecule has 0 saturated carbocycles. The first kappa shape index (κ1) is 14.5. The highest BCUT2D eigenvalue weighted by molar-refractivity contribution is 5.84. The fourth-order valence-corrected chi connectivity index (χ4v) is 1.70. The van der Waals surface area contributed by atoms with Gasteiger partial charge in [-0.3, -0.25) is 0 Å². The molecule has 0 heterocycles. The van der Waals surface area contributed by atoms with E-state index in [-0.39, 0.29) is 12.1 Å². The minimum absolute atomic E-state index is 0.314. The second-order valence-electron chi connectivity index (χ2n) is 4.56. The molecule has 2 atom stereocenters. The molecular formula is C14H21NO3. The van der Waals surface area contributed by atoms with Crippen molar-refractivity contribution in [3.8, 4) is 0 Å². The van der Waals surface area contributed by atoms with Gasteiger partial charge in [0.05, 0.1) is 13.2 Å². The van der Waals surface area contributed by atoms with Crippen molar-refractivity contribution in [3.63, 3.8) is 0 Å². The zero-order valence-corrected chi connectivity index (χ0v) is 11.6. The summed E-state index contributed by atoms with van der Waals surface area (Å²) >= 11 is 0. The summed E-state index contributed by atoms with van der Waals surface area (Å²) in [5.41, 5.74) is 1.11. The second-order valence-corrected chi connectivity index (χ2v) is 4.56. The van der Waals surface area contributed by atoms with Crippen LogP contribution in [-0.2, 0) is 14.3 Å². The van der Waals surface area contributed by atoms with Gasteiger partial charge in [0.1, 0.15) is 0 Å². The summed E-state index contributed by atoms with van der Waals surface area (Å²) < 4.78 is 10.1. The van der Waals surface area contributed by atoms with Gasteiger partial charge < -0.3 is 14.8 Å². The Labute approximate surface area is 108 Å². The Hall–Kier alpha value is -1.55. The molecule has 0 aromatic heterocycles. The van der Waals surface area contributed by atoms with Crippen LogP contribution >= 0.6 is 0 Å². The maximum absolute atomic E-state index is 11.9. The molecule has 4 nitrogen and oxygen atoms in total. The van der Waals surface area contributed by atoms with E-state index in [4.69, 9.17) is 9.47 Å². The normalized spacial score (nSPS) is 15.6. The van der Waals surface area contributed by atoms with Gasteiger partial charge >= 0.3 is 5.97 Å². The standard InChI is InChI=1S/C14H21NO3/c1-10-6-8-12(9-7-10)15-14(3,11(2)17-4)13(16)18-5/h6-9,11,15H,1-5H3. The van der Waals surface area contributed by atoms with E-state index in [2.05, 4.69) is 5.32 Å². The molecule has 0 fully saturated rings. The van der Waals surface area contributed by atoms with E-state index < -0.39 is 5.54 Å². The van der Waals surface area contributed by atoms with Crippen molar-refractivity contribution in [1.82, 2.24) is 0 Å². The summed E-state index contributed by atoms with van der Waals surface area (Å²) in [6, 6.07) is 7.83. The van der Waals surface area contributed by atoms with Crippen LogP contribution in [0.1, 0.15) is 19.4 Å². The molecule has 0 aliphatic rings. The van der Waals surface area contributed by atoms with Crippen LogP contribution in [0.2, 0.25) is 0 Å². The maximum atomic E-state index is 11.9. The Morgan fingerprint density at radius 3 is 2.28 bits per heavy atom. The maximum Gasteiger partial charge on any atom is 0.333 e. The average Bonchev–Trinajstić information content (AvgIpc) is 2.39. The summed E-state index contributed by atoms with van der Waals surface area (Å²) in [6.45, 7) is 5.62. The Balaban J connectivity index is 2.98. The van der Waals surface area contributed by atoms with Gasteiger partial charge in [0.15, 0.2) is 5.54 Å². The largest absolute Gasteiger partial charge is 0.467 e. The number of nitrogens with one attached hydrogen (secondary N) is 1. The Morgan fingerprint density at radius 2 is 1.83 bits per heavy atom. The predicted molar refractivity (Wildman–Crippen MR) is 71.7 cm³/mol. The topological polar surface area (TPSA) is 47.6 Å². The molecule has 0 aliphatic heterocycles. The summed E-state index contributed by atoms with van der Waals surface area (Å²) in [4.78, 5) is 11.9. The Kier molecular flexibility index (Phi) is 4.73. The van der Waals surface area contributed by atoms with E-state index in [1.807, 2.05) is 38.1 Å². The summed E-state index contributed by atoms with van der Waals surface area (Å²) in [5, 5.41) is 3.18. The molecule has 0 aliphatic carbocycles. The lowest BCUT2D eigenvalue weighted by atomic mass is 9.95. The number of rotatable bonds is 5. The van der Waals surface area contributed by atoms with Crippen molar-refractivity contribution in [2.24, 2.45) is 0 Å². The quantitative estimate of drug-likeness (QED) is 0.816. The zero-order chi connectivity index (χ0) is 13.8. The van der Waals surface area contributed by atoms with Gasteiger partial charge in [-0.15, -0.1) is 0 Å². The monoisotopic (exact) mass is 251 g/mol. The van der Waals surface area contributed by atoms with Crippen molar-refractivity contribution in [2.45, 2.75) is 32.4 Å². The summed E-state index contributed by atoms with van der Waals surface area (Å²) in [5.74, 6) is -0.350. The third kappa shape index (κ3) is 3.01. The molecule has 0 amide bonds. The number of aryl methyl sites for hydroxylation is 1. The van der Waals surface area contributed by atoms with E-state index in [0.29, 0.717) is 0 Å². The number of benzene rings is 1. The number of esters is 1. The smallest absolute Gasteiger partial charge is 0.333 e. The lowest BCUT2D eigenvalue weighted by molar-refractivity contribution is -0.149. The van der Waals surface area contributed by atoms with Crippen LogP contribution in [0.4, 0.5) is 5.69 Å². The molecule has 0 bridgehead atoms. The SMILES string of the molecule is COC(=O)C(C)(Nc1ccc(C)cc1)C(C)OC. The first-order valence-corrected chi connectivity index (χ1v) is 5.90. The van der Waals surface area contributed by atoms with Crippen molar-refractivity contribution in [1.29, 1.82) is 0 Å². The third-order valence-electron chi connectivity index (χ3n) is 3.23. The molecule has 1 N–H and O–H groups in total. The summed E-state index contributed by atoms with van der Waals surface area (Å²) in [7, 11) is 2.95. The van der Waals surface area contributed by atoms with Crippen molar-refractivity contribution < 1.29 is 14.3 Å². The van der Waals surface area contributed by atoms with E-state index in [1.165, 1.54) is 12.7 Å². The van der Waals surface area contributed by atoms with Gasteiger partial charge in [-0.2, -0.15) is 0 Å². The first-order chi connectivity index (χ1) is 8.43. The average molecular weight is 251 g/mol. The molecule has 1 rings (SSSR count). The van der Waals surface area contributed by atoms with E-state index in [9.17, 15) is 4.79 Å². The predicted octanol–water partition coefficient (Wildman–Crippen LogP) is 2.37. The number of carbonyl (C=O) groups excluding carboxylic acids is 1. The van der Waals surface area contributed by atoms with Crippen LogP contribution in [0.25, 0.3) is 0 Å². The Morgan fingerprint density at radius 1 is 1.28 bits per heavy atom. The van der Waals surface area contributed by atoms with Crippen LogP contribution in [0.15, 0.2) is 24.3 Å². The van der Waals surface area contributed by atoms with Gasteiger partial charge in [-0.05, 0) is 32.9 Å². The highest BCUT2D eigenvalue weighted by Gasteiger charge is 2.40. The highest BCUT2D eigenvalue weighted by Crippen LogP contribution is 2.22. The lowest BCUT2D eigenvalue weighted by Crippen LogP contribution is -2.53. The van der Waals surface area contributed by atoms with Crippen molar-refractivity contribution in [3.05, 3.63) is 29.8 Å². The molecular weight excluding hydrogens is 230 g/mol. The molecule has 100 valence electrons. The zero-order valence-electron chi connectivity index (χ0n) is 11.6. The lowest BCUT2D eigenvalue weighted by Gasteiger charge is -2.33. The molecule has 0 spiro atoms. The minimum atomic E-state index is -0.918. The van der Waals surface area contributed by atoms with E-state index in [1.54, 1.807) is 14.0 Å². The number of ether oxygens (including phenoxy) is 2. The van der Waals surface area contributed by atoms with Gasteiger partial charge in [-0.1, -0.05) is 17.7 Å². The first-order valence-electron chi connectivity index (χ1n) is 5.90. The van der Waals surface area contributed by atoms with Crippen LogP contribution in [0, 0.1) is 6.92 Å². The van der Waals surface area contributed by atoms with Crippen molar-refractivity contribution >= 4 is 11.7 Å². The molecule has 2 unspecified atom stereocenters. The number of hydrogen-bond donors (Lipinski definition) is 1. The molecule has 1 aromatic carbocycles. The number of methoxy groups -OCH3 is 2. The molecule has 0 saturated heterocycles. The second kappa shape index (κ2) is 5.87. The minimum Gasteiger partial charge on any atom is -0.467 e. The van der Waals surface area contributed by atoms with E-state index in [0.717, 1.165) is 5.69 Å². The summed E-state index contributed by atoms with van der Waals surface area (Å²) in [6.07, 6.45) is -0.314. The van der Waals surface area contributed by atoms with Crippen LogP contribution in [0.3, 0.4) is 0 Å². The van der Waals surface area contributed by atoms with Crippen molar-refractivity contribution in [2.75, 3.05) is 19.5 Å². The van der Waals surface area contributed by atoms with Crippen LogP contribution < -0.4 is 5.32 Å². The number of carbonyl (C=O) groups is 1. The van der Waals surface area contributed by atoms with Crippen LogP contribution in [0.5, 0.6) is 0 Å². The van der Waals surface area contributed by atoms with E-state index >= 15 is 0 Å². The molecule has 1 aromatic rings. The van der Waals surface area contributed by atoms with Gasteiger partial charge in [0, 0.05) is 12.8 Å². The van der Waals surface area contributed by atoms with Crippen LogP contribution in [-0.4, -0.2) is 31.8 Å². The van der Waals surface area contributed by atoms with Gasteiger partial charge in [0.25, 0.3) is 0 Å². The molecule has 4 heteroatoms. The van der Waals surface area contributed by atoms with Gasteiger partial charge in [0.2, 0.25) is 0 Å². The fourth-order valence-electron chi connectivity index (χ4n) is 1.70. The number of hydrogen-bond acceptors (Lipinski definition) is 4. The molecule has 18 heavy (non-hydrogen) atoms. The highest BCUT2D eigenvalue weighted by atomic mass is 16.5. The Bertz CT molecular complexity index is 402. The number of anilines is 1. The fraction of sp³-hybridized carbons (Fsp3) is 0.500.